The van der Waals surface area contributed by atoms with Crippen LogP contribution in [0.2, 0.25) is 0 Å². The average molecular weight is 300 g/mol. The molecule has 0 aliphatic heterocycles. The van der Waals surface area contributed by atoms with Crippen LogP contribution >= 0.6 is 12.2 Å². The van der Waals surface area contributed by atoms with E-state index in [2.05, 4.69) is 42.7 Å². The van der Waals surface area contributed by atoms with Crippen LogP contribution in [-0.4, -0.2) is 12.2 Å². The van der Waals surface area contributed by atoms with Gasteiger partial charge in [0.25, 0.3) is 0 Å². The number of benzene rings is 2. The Morgan fingerprint density at radius 3 is 2.43 bits per heavy atom. The molecule has 3 nitrogen and oxygen atoms in total. The van der Waals surface area contributed by atoms with Gasteiger partial charge in [-0.2, -0.15) is 0 Å². The first-order chi connectivity index (χ1) is 10.1. The van der Waals surface area contributed by atoms with Crippen LogP contribution in [0.5, 0.6) is 5.75 Å². The first-order valence-corrected chi connectivity index (χ1v) is 7.24. The smallest absolute Gasteiger partial charge is 0.171 e. The molecule has 4 heteroatoms. The van der Waals surface area contributed by atoms with Gasteiger partial charge in [0.1, 0.15) is 5.75 Å². The van der Waals surface area contributed by atoms with Crippen molar-refractivity contribution in [1.82, 2.24) is 5.32 Å². The molecule has 2 N–H and O–H groups in total. The fourth-order valence-corrected chi connectivity index (χ4v) is 2.44. The van der Waals surface area contributed by atoms with Crippen molar-refractivity contribution in [2.24, 2.45) is 0 Å². The average Bonchev–Trinajstić information content (AvgIpc) is 2.44. The number of methoxy groups -OCH3 is 1. The zero-order chi connectivity index (χ0) is 15.2. The van der Waals surface area contributed by atoms with Crippen LogP contribution in [0, 0.1) is 13.8 Å². The van der Waals surface area contributed by atoms with Gasteiger partial charge in [0.15, 0.2) is 5.11 Å². The highest BCUT2D eigenvalue weighted by Gasteiger charge is 2.03. The quantitative estimate of drug-likeness (QED) is 0.842. The molecule has 0 bridgehead atoms. The second kappa shape index (κ2) is 7.09. The summed E-state index contributed by atoms with van der Waals surface area (Å²) in [6, 6.07) is 14.2. The van der Waals surface area contributed by atoms with Crippen LogP contribution in [0.15, 0.2) is 42.5 Å². The monoisotopic (exact) mass is 300 g/mol. The lowest BCUT2D eigenvalue weighted by molar-refractivity contribution is 0.409. The molecule has 0 spiro atoms. The van der Waals surface area contributed by atoms with E-state index < -0.39 is 0 Å². The number of ether oxygens (including phenoxy) is 1. The fourth-order valence-electron chi connectivity index (χ4n) is 2.25. The number of hydrogen-bond acceptors (Lipinski definition) is 2. The third-order valence-corrected chi connectivity index (χ3v) is 3.36. The number of aryl methyl sites for hydroxylation is 2. The lowest BCUT2D eigenvalue weighted by Gasteiger charge is -2.13. The molecule has 0 radical (unpaired) electrons. The van der Waals surface area contributed by atoms with E-state index in [0.29, 0.717) is 11.7 Å². The molecule has 0 saturated heterocycles. The van der Waals surface area contributed by atoms with Crippen molar-refractivity contribution in [3.63, 3.8) is 0 Å². The Morgan fingerprint density at radius 1 is 1.10 bits per heavy atom. The summed E-state index contributed by atoms with van der Waals surface area (Å²) in [7, 11) is 1.67. The molecule has 2 aromatic carbocycles. The largest absolute Gasteiger partial charge is 0.496 e. The summed E-state index contributed by atoms with van der Waals surface area (Å²) >= 11 is 5.34. The normalized spacial score (nSPS) is 10.0. The number of rotatable bonds is 4. The predicted octanol–water partition coefficient (Wildman–Crippen LogP) is 3.80. The summed E-state index contributed by atoms with van der Waals surface area (Å²) in [5.41, 5.74) is 4.50. The van der Waals surface area contributed by atoms with E-state index in [-0.39, 0.29) is 0 Å². The summed E-state index contributed by atoms with van der Waals surface area (Å²) in [6.45, 7) is 4.77. The summed E-state index contributed by atoms with van der Waals surface area (Å²) in [6.07, 6.45) is 0. The number of anilines is 1. The van der Waals surface area contributed by atoms with Gasteiger partial charge in [-0.25, -0.2) is 0 Å². The maximum Gasteiger partial charge on any atom is 0.171 e. The van der Waals surface area contributed by atoms with E-state index in [1.807, 2.05) is 24.3 Å². The first kappa shape index (κ1) is 15.3. The van der Waals surface area contributed by atoms with E-state index in [1.54, 1.807) is 7.11 Å². The molecule has 0 heterocycles. The van der Waals surface area contributed by atoms with Crippen LogP contribution in [0.3, 0.4) is 0 Å². The van der Waals surface area contributed by atoms with Crippen molar-refractivity contribution < 1.29 is 4.74 Å². The summed E-state index contributed by atoms with van der Waals surface area (Å²) in [5, 5.41) is 7.01. The number of nitrogens with one attached hydrogen (secondary N) is 2. The minimum absolute atomic E-state index is 0.603. The Morgan fingerprint density at radius 2 is 1.76 bits per heavy atom. The molecule has 0 unspecified atom stereocenters. The Balaban J connectivity index is 1.96. The van der Waals surface area contributed by atoms with Gasteiger partial charge >= 0.3 is 0 Å². The molecule has 0 aromatic heterocycles. The van der Waals surface area contributed by atoms with E-state index >= 15 is 0 Å². The Hall–Kier alpha value is -2.07. The van der Waals surface area contributed by atoms with Crippen LogP contribution < -0.4 is 15.4 Å². The molecule has 0 amide bonds. The molecule has 110 valence electrons. The van der Waals surface area contributed by atoms with Gasteiger partial charge in [-0.3, -0.25) is 0 Å². The predicted molar refractivity (Wildman–Crippen MR) is 92.0 cm³/mol. The molecule has 2 aromatic rings. The van der Waals surface area contributed by atoms with E-state index in [4.69, 9.17) is 17.0 Å². The molecule has 0 aliphatic rings. The van der Waals surface area contributed by atoms with Crippen molar-refractivity contribution in [2.75, 3.05) is 12.4 Å². The van der Waals surface area contributed by atoms with Gasteiger partial charge in [-0.05, 0) is 55.4 Å². The Kier molecular flexibility index (Phi) is 5.17. The van der Waals surface area contributed by atoms with Gasteiger partial charge in [-0.15, -0.1) is 0 Å². The fraction of sp³-hybridized carbons (Fsp3) is 0.235. The third-order valence-electron chi connectivity index (χ3n) is 3.11. The molecule has 0 atom stereocenters. The van der Waals surface area contributed by atoms with Crippen molar-refractivity contribution in [1.29, 1.82) is 0 Å². The van der Waals surface area contributed by atoms with Crippen LogP contribution in [0.1, 0.15) is 16.7 Å². The SMILES string of the molecule is COc1ccccc1CNC(=S)Nc1cc(C)cc(C)c1. The molecule has 21 heavy (non-hydrogen) atoms. The summed E-state index contributed by atoms with van der Waals surface area (Å²) in [5.74, 6) is 0.860. The van der Waals surface area contributed by atoms with Crippen LogP contribution in [0.25, 0.3) is 0 Å². The number of hydrogen-bond donors (Lipinski definition) is 2. The molecular formula is C17H20N2OS. The third kappa shape index (κ3) is 4.46. The Labute approximate surface area is 131 Å². The molecule has 0 aliphatic carbocycles. The van der Waals surface area contributed by atoms with Crippen molar-refractivity contribution in [3.05, 3.63) is 59.2 Å². The van der Waals surface area contributed by atoms with Gasteiger partial charge in [0.2, 0.25) is 0 Å². The maximum absolute atomic E-state index is 5.34. The number of thiocarbonyl (C=S) groups is 1. The van der Waals surface area contributed by atoms with Gasteiger partial charge in [-0.1, -0.05) is 24.3 Å². The van der Waals surface area contributed by atoms with Gasteiger partial charge in [0.05, 0.1) is 7.11 Å². The minimum atomic E-state index is 0.603. The summed E-state index contributed by atoms with van der Waals surface area (Å²) in [4.78, 5) is 0. The lowest BCUT2D eigenvalue weighted by Crippen LogP contribution is -2.28. The Bertz CT molecular complexity index is 620. The molecule has 0 saturated carbocycles. The van der Waals surface area contributed by atoms with Gasteiger partial charge < -0.3 is 15.4 Å². The van der Waals surface area contributed by atoms with E-state index in [1.165, 1.54) is 11.1 Å². The summed E-state index contributed by atoms with van der Waals surface area (Å²) < 4.78 is 5.32. The molecular weight excluding hydrogens is 280 g/mol. The zero-order valence-electron chi connectivity index (χ0n) is 12.6. The minimum Gasteiger partial charge on any atom is -0.496 e. The molecule has 0 fully saturated rings. The van der Waals surface area contributed by atoms with Crippen molar-refractivity contribution in [3.8, 4) is 5.75 Å². The second-order valence-electron chi connectivity index (χ2n) is 5.00. The maximum atomic E-state index is 5.34. The van der Waals surface area contributed by atoms with E-state index in [9.17, 15) is 0 Å². The second-order valence-corrected chi connectivity index (χ2v) is 5.40. The van der Waals surface area contributed by atoms with Crippen molar-refractivity contribution >= 4 is 23.0 Å². The first-order valence-electron chi connectivity index (χ1n) is 6.83. The highest BCUT2D eigenvalue weighted by Crippen LogP contribution is 2.17. The highest BCUT2D eigenvalue weighted by molar-refractivity contribution is 7.80. The lowest BCUT2D eigenvalue weighted by atomic mass is 10.1. The topological polar surface area (TPSA) is 33.3 Å². The van der Waals surface area contributed by atoms with Crippen LogP contribution in [-0.2, 0) is 6.54 Å². The highest BCUT2D eigenvalue weighted by atomic mass is 32.1. The van der Waals surface area contributed by atoms with Gasteiger partial charge in [0, 0.05) is 17.8 Å². The van der Waals surface area contributed by atoms with Crippen molar-refractivity contribution in [2.45, 2.75) is 20.4 Å². The van der Waals surface area contributed by atoms with Crippen LogP contribution in [0.4, 0.5) is 5.69 Å². The number of para-hydroxylation sites is 1. The standard InChI is InChI=1S/C17H20N2OS/c1-12-8-13(2)10-15(9-12)19-17(21)18-11-14-6-4-5-7-16(14)20-3/h4-10H,11H2,1-3H3,(H2,18,19,21). The molecule has 2 rings (SSSR count). The zero-order valence-corrected chi connectivity index (χ0v) is 13.4. The van der Waals surface area contributed by atoms with E-state index in [0.717, 1.165) is 17.0 Å².